The van der Waals surface area contributed by atoms with Gasteiger partial charge in [0, 0.05) is 6.20 Å². The van der Waals surface area contributed by atoms with Gasteiger partial charge in [0.15, 0.2) is 10.6 Å². The van der Waals surface area contributed by atoms with Gasteiger partial charge in [-0.2, -0.15) is 5.10 Å². The van der Waals surface area contributed by atoms with Gasteiger partial charge in [-0.15, -0.1) is 0 Å². The van der Waals surface area contributed by atoms with Crippen molar-refractivity contribution in [3.63, 3.8) is 0 Å². The number of carbonyl (C=O) groups is 1. The predicted molar refractivity (Wildman–Crippen MR) is 69.2 cm³/mol. The minimum Gasteiger partial charge on any atom is -0.368 e. The highest BCUT2D eigenvalue weighted by Crippen LogP contribution is 2.23. The second-order valence-electron chi connectivity index (χ2n) is 4.33. The summed E-state index contributed by atoms with van der Waals surface area (Å²) in [6, 6.07) is 5.43. The number of nitrogens with one attached hydrogen (secondary N) is 1. The maximum atomic E-state index is 11.5. The van der Waals surface area contributed by atoms with E-state index in [4.69, 9.17) is 18.0 Å². The van der Waals surface area contributed by atoms with Crippen molar-refractivity contribution in [2.45, 2.75) is 19.4 Å². The molecule has 94 valence electrons. The molecule has 3 N–H and O–H groups in total. The van der Waals surface area contributed by atoms with Crippen LogP contribution in [0.1, 0.15) is 13.8 Å². The smallest absolute Gasteiger partial charge is 0.243 e. The summed E-state index contributed by atoms with van der Waals surface area (Å²) >= 11 is 5.15. The molecule has 0 saturated carbocycles. The summed E-state index contributed by atoms with van der Waals surface area (Å²) in [5.41, 5.74) is 5.06. The second kappa shape index (κ2) is 4.34. The fourth-order valence-electron chi connectivity index (χ4n) is 1.59. The Morgan fingerprint density at radius 3 is 2.78 bits per heavy atom. The highest BCUT2D eigenvalue weighted by atomic mass is 32.1. The minimum atomic E-state index is -0.975. The average molecular weight is 263 g/mol. The van der Waals surface area contributed by atoms with Crippen LogP contribution in [0, 0.1) is 4.77 Å². The Labute approximate surface area is 109 Å². The Hall–Kier alpha value is -2.02. The van der Waals surface area contributed by atoms with Gasteiger partial charge < -0.3 is 5.73 Å². The SMILES string of the molecule is CC(C)(C(N)=O)n1c(-c2ccccn2)n[nH]c1=S. The van der Waals surface area contributed by atoms with Crippen LogP contribution in [-0.2, 0) is 10.3 Å². The quantitative estimate of drug-likeness (QED) is 0.815. The van der Waals surface area contributed by atoms with Gasteiger partial charge >= 0.3 is 0 Å². The monoisotopic (exact) mass is 263 g/mol. The van der Waals surface area contributed by atoms with Crippen molar-refractivity contribution in [3.8, 4) is 11.5 Å². The summed E-state index contributed by atoms with van der Waals surface area (Å²) in [5.74, 6) is 0.00146. The van der Waals surface area contributed by atoms with E-state index in [1.807, 2.05) is 6.07 Å². The van der Waals surface area contributed by atoms with E-state index < -0.39 is 11.4 Å². The van der Waals surface area contributed by atoms with Crippen molar-refractivity contribution >= 4 is 18.1 Å². The number of carbonyl (C=O) groups excluding carboxylic acids is 1. The van der Waals surface area contributed by atoms with E-state index in [9.17, 15) is 4.79 Å². The Morgan fingerprint density at radius 2 is 2.22 bits per heavy atom. The molecule has 0 saturated heterocycles. The minimum absolute atomic E-state index is 0.333. The first kappa shape index (κ1) is 12.4. The third kappa shape index (κ3) is 1.92. The number of primary amides is 1. The van der Waals surface area contributed by atoms with Crippen LogP contribution >= 0.6 is 12.2 Å². The van der Waals surface area contributed by atoms with Gasteiger partial charge in [0.2, 0.25) is 5.91 Å². The van der Waals surface area contributed by atoms with E-state index in [1.165, 1.54) is 0 Å². The number of amides is 1. The number of hydrogen-bond donors (Lipinski definition) is 2. The number of H-pyrrole nitrogens is 1. The number of hydrogen-bond acceptors (Lipinski definition) is 4. The largest absolute Gasteiger partial charge is 0.368 e. The van der Waals surface area contributed by atoms with Crippen LogP contribution in [0.4, 0.5) is 0 Å². The summed E-state index contributed by atoms with van der Waals surface area (Å²) in [7, 11) is 0. The lowest BCUT2D eigenvalue weighted by Crippen LogP contribution is -2.41. The highest BCUT2D eigenvalue weighted by Gasteiger charge is 2.31. The van der Waals surface area contributed by atoms with Crippen molar-refractivity contribution in [2.75, 3.05) is 0 Å². The van der Waals surface area contributed by atoms with Gasteiger partial charge in [-0.05, 0) is 38.2 Å². The molecule has 2 aromatic rings. The maximum absolute atomic E-state index is 11.5. The molecule has 1 amide bonds. The van der Waals surface area contributed by atoms with Crippen LogP contribution in [-0.4, -0.2) is 25.7 Å². The first-order chi connectivity index (χ1) is 8.44. The average Bonchev–Trinajstić information content (AvgIpc) is 2.72. The van der Waals surface area contributed by atoms with Gasteiger partial charge in [-0.3, -0.25) is 19.4 Å². The molecule has 7 heteroatoms. The highest BCUT2D eigenvalue weighted by molar-refractivity contribution is 7.71. The first-order valence-corrected chi connectivity index (χ1v) is 5.74. The van der Waals surface area contributed by atoms with Crippen molar-refractivity contribution < 1.29 is 4.79 Å². The third-order valence-corrected chi connectivity index (χ3v) is 3.00. The molecule has 0 spiro atoms. The van der Waals surface area contributed by atoms with Crippen LogP contribution < -0.4 is 5.73 Å². The van der Waals surface area contributed by atoms with Crippen molar-refractivity contribution in [3.05, 3.63) is 29.2 Å². The standard InChI is InChI=1S/C11H13N5OS/c1-11(2,9(12)17)16-8(14-15-10(16)18)7-5-3-4-6-13-7/h3-6H,1-2H3,(H2,12,17)(H,15,18). The fourth-order valence-corrected chi connectivity index (χ4v) is 1.95. The molecule has 0 unspecified atom stereocenters. The summed E-state index contributed by atoms with van der Waals surface area (Å²) < 4.78 is 1.91. The molecular formula is C11H13N5OS. The van der Waals surface area contributed by atoms with Gasteiger partial charge in [-0.25, -0.2) is 0 Å². The molecule has 0 atom stereocenters. The molecule has 18 heavy (non-hydrogen) atoms. The van der Waals surface area contributed by atoms with Gasteiger partial charge in [0.05, 0.1) is 0 Å². The van der Waals surface area contributed by atoms with Crippen LogP contribution in [0.3, 0.4) is 0 Å². The summed E-state index contributed by atoms with van der Waals surface area (Å²) in [6.45, 7) is 3.38. The van der Waals surface area contributed by atoms with E-state index in [2.05, 4.69) is 15.2 Å². The van der Waals surface area contributed by atoms with Crippen LogP contribution in [0.5, 0.6) is 0 Å². The zero-order valence-electron chi connectivity index (χ0n) is 10.0. The van der Waals surface area contributed by atoms with E-state index in [0.717, 1.165) is 0 Å². The van der Waals surface area contributed by atoms with Gasteiger partial charge in [0.25, 0.3) is 0 Å². The fraction of sp³-hybridized carbons (Fsp3) is 0.273. The lowest BCUT2D eigenvalue weighted by Gasteiger charge is -2.23. The summed E-state index contributed by atoms with van der Waals surface area (Å²) in [6.07, 6.45) is 1.65. The lowest BCUT2D eigenvalue weighted by atomic mass is 10.0. The molecule has 2 heterocycles. The Morgan fingerprint density at radius 1 is 1.50 bits per heavy atom. The molecular weight excluding hydrogens is 250 g/mol. The van der Waals surface area contributed by atoms with E-state index in [1.54, 1.807) is 36.7 Å². The van der Waals surface area contributed by atoms with Crippen molar-refractivity contribution in [1.82, 2.24) is 19.7 Å². The first-order valence-electron chi connectivity index (χ1n) is 5.34. The molecule has 0 fully saturated rings. The zero-order chi connectivity index (χ0) is 13.3. The number of aromatic amines is 1. The number of nitrogens with zero attached hydrogens (tertiary/aromatic N) is 3. The van der Waals surface area contributed by atoms with Crippen LogP contribution in [0.15, 0.2) is 24.4 Å². The number of nitrogens with two attached hydrogens (primary N) is 1. The predicted octanol–water partition coefficient (Wildman–Crippen LogP) is 1.22. The summed E-state index contributed by atoms with van der Waals surface area (Å²) in [4.78, 5) is 15.7. The molecule has 0 aliphatic carbocycles. The molecule has 6 nitrogen and oxygen atoms in total. The van der Waals surface area contributed by atoms with E-state index >= 15 is 0 Å². The Bertz CT molecular complexity index is 628. The lowest BCUT2D eigenvalue weighted by molar-refractivity contribution is -0.125. The molecule has 0 radical (unpaired) electrons. The van der Waals surface area contributed by atoms with Crippen LogP contribution in [0.2, 0.25) is 0 Å². The normalized spacial score (nSPS) is 11.4. The van der Waals surface area contributed by atoms with E-state index in [-0.39, 0.29) is 0 Å². The summed E-state index contributed by atoms with van der Waals surface area (Å²) in [5, 5.41) is 6.77. The number of pyridine rings is 1. The maximum Gasteiger partial charge on any atom is 0.243 e. The number of aromatic nitrogens is 4. The molecule has 2 aromatic heterocycles. The third-order valence-electron chi connectivity index (χ3n) is 2.73. The van der Waals surface area contributed by atoms with Crippen LogP contribution in [0.25, 0.3) is 11.5 Å². The molecule has 2 rings (SSSR count). The molecule has 0 aliphatic heterocycles. The molecule has 0 bridgehead atoms. The van der Waals surface area contributed by atoms with E-state index in [0.29, 0.717) is 16.3 Å². The van der Waals surface area contributed by atoms with Crippen molar-refractivity contribution in [1.29, 1.82) is 0 Å². The zero-order valence-corrected chi connectivity index (χ0v) is 10.9. The molecule has 0 aromatic carbocycles. The second-order valence-corrected chi connectivity index (χ2v) is 4.71. The van der Waals surface area contributed by atoms with Gasteiger partial charge in [0.1, 0.15) is 11.2 Å². The van der Waals surface area contributed by atoms with Gasteiger partial charge in [-0.1, -0.05) is 6.07 Å². The van der Waals surface area contributed by atoms with Crippen molar-refractivity contribution in [2.24, 2.45) is 5.73 Å². The molecule has 0 aliphatic rings. The topological polar surface area (TPSA) is 89.6 Å². The Balaban J connectivity index is 2.67. The Kier molecular flexibility index (Phi) is 3.00. The number of rotatable bonds is 3.